The average molecular weight is 336 g/mol. The lowest BCUT2D eigenvalue weighted by atomic mass is 10.2. The van der Waals surface area contributed by atoms with Gasteiger partial charge in [0.2, 0.25) is 0 Å². The predicted molar refractivity (Wildman–Crippen MR) is 90.1 cm³/mol. The number of hydrogen-bond donors (Lipinski definition) is 1. The summed E-state index contributed by atoms with van der Waals surface area (Å²) in [5.41, 5.74) is 4.84. The molecule has 0 amide bonds. The molecule has 0 saturated carbocycles. The standard InChI is InChI=1S/C15H11Cl2N3S/c16-12-4-1-5-13(17)11(12)9-19-20-14(21)7-6-10-3-2-8-18-15(10)20/h1-8,19H,9H2. The molecule has 1 aromatic carbocycles. The van der Waals surface area contributed by atoms with E-state index in [0.29, 0.717) is 21.2 Å². The topological polar surface area (TPSA) is 29.9 Å². The van der Waals surface area contributed by atoms with Gasteiger partial charge in [-0.1, -0.05) is 41.5 Å². The zero-order chi connectivity index (χ0) is 14.8. The molecule has 1 N–H and O–H groups in total. The van der Waals surface area contributed by atoms with Gasteiger partial charge in [0.25, 0.3) is 0 Å². The SMILES string of the molecule is S=c1ccc2cccnc2n1NCc1c(Cl)cccc1Cl. The molecule has 0 unspecified atom stereocenters. The molecule has 106 valence electrons. The average Bonchev–Trinajstić information content (AvgIpc) is 2.48. The minimum atomic E-state index is 0.461. The van der Waals surface area contributed by atoms with E-state index in [2.05, 4.69) is 10.4 Å². The van der Waals surface area contributed by atoms with E-state index in [1.165, 1.54) is 0 Å². The monoisotopic (exact) mass is 335 g/mol. The number of benzene rings is 1. The summed E-state index contributed by atoms with van der Waals surface area (Å²) in [6, 6.07) is 13.1. The van der Waals surface area contributed by atoms with Crippen molar-refractivity contribution >= 4 is 46.5 Å². The fourth-order valence-electron chi connectivity index (χ4n) is 2.08. The second kappa shape index (κ2) is 6.02. The quantitative estimate of drug-likeness (QED) is 0.696. The van der Waals surface area contributed by atoms with E-state index in [9.17, 15) is 0 Å². The van der Waals surface area contributed by atoms with Crippen LogP contribution in [0.5, 0.6) is 0 Å². The summed E-state index contributed by atoms with van der Waals surface area (Å²) in [6.07, 6.45) is 1.73. The Hall–Kier alpha value is -1.62. The molecule has 0 spiro atoms. The largest absolute Gasteiger partial charge is 0.319 e. The molecule has 0 saturated heterocycles. The second-order valence-corrected chi connectivity index (χ2v) is 5.69. The normalized spacial score (nSPS) is 10.8. The van der Waals surface area contributed by atoms with Crippen LogP contribution in [-0.2, 0) is 6.54 Å². The summed E-state index contributed by atoms with van der Waals surface area (Å²) in [5.74, 6) is 0. The summed E-state index contributed by atoms with van der Waals surface area (Å²) in [5, 5.41) is 2.24. The Morgan fingerprint density at radius 1 is 1.05 bits per heavy atom. The van der Waals surface area contributed by atoms with Gasteiger partial charge in [-0.25, -0.2) is 9.66 Å². The number of fused-ring (bicyclic) bond motifs is 1. The van der Waals surface area contributed by atoms with E-state index in [-0.39, 0.29) is 0 Å². The van der Waals surface area contributed by atoms with Crippen molar-refractivity contribution < 1.29 is 0 Å². The fourth-order valence-corrected chi connectivity index (χ4v) is 2.83. The van der Waals surface area contributed by atoms with Crippen molar-refractivity contribution in [2.75, 3.05) is 5.43 Å². The van der Waals surface area contributed by atoms with E-state index < -0.39 is 0 Å². The molecule has 3 nitrogen and oxygen atoms in total. The Morgan fingerprint density at radius 3 is 2.57 bits per heavy atom. The van der Waals surface area contributed by atoms with E-state index in [0.717, 1.165) is 16.6 Å². The Balaban J connectivity index is 1.99. The molecule has 3 aromatic rings. The van der Waals surface area contributed by atoms with Gasteiger partial charge in [-0.3, -0.25) is 0 Å². The van der Waals surface area contributed by atoms with E-state index in [4.69, 9.17) is 35.4 Å². The van der Waals surface area contributed by atoms with Crippen LogP contribution in [0.1, 0.15) is 5.56 Å². The van der Waals surface area contributed by atoms with Gasteiger partial charge < -0.3 is 5.43 Å². The van der Waals surface area contributed by atoms with Crippen LogP contribution < -0.4 is 5.43 Å². The van der Waals surface area contributed by atoms with Crippen molar-refractivity contribution in [2.24, 2.45) is 0 Å². The molecule has 2 aromatic heterocycles. The molecular weight excluding hydrogens is 325 g/mol. The maximum atomic E-state index is 6.18. The second-order valence-electron chi connectivity index (χ2n) is 4.46. The summed E-state index contributed by atoms with van der Waals surface area (Å²) < 4.78 is 2.41. The fraction of sp³-hybridized carbons (Fsp3) is 0.0667. The number of hydrogen-bond acceptors (Lipinski definition) is 3. The predicted octanol–water partition coefficient (Wildman–Crippen LogP) is 4.82. The Bertz CT molecular complexity index is 841. The van der Waals surface area contributed by atoms with Crippen molar-refractivity contribution in [1.29, 1.82) is 0 Å². The van der Waals surface area contributed by atoms with Crippen LogP contribution in [-0.4, -0.2) is 9.66 Å². The highest BCUT2D eigenvalue weighted by Crippen LogP contribution is 2.24. The lowest BCUT2D eigenvalue weighted by Crippen LogP contribution is -2.17. The van der Waals surface area contributed by atoms with Gasteiger partial charge in [0.05, 0.1) is 6.54 Å². The van der Waals surface area contributed by atoms with Gasteiger partial charge in [-0.2, -0.15) is 0 Å². The van der Waals surface area contributed by atoms with Crippen molar-refractivity contribution in [2.45, 2.75) is 6.54 Å². The molecule has 0 atom stereocenters. The van der Waals surface area contributed by atoms with E-state index in [1.54, 1.807) is 10.9 Å². The summed E-state index contributed by atoms with van der Waals surface area (Å²) >= 11 is 17.7. The van der Waals surface area contributed by atoms with Crippen LogP contribution in [0.15, 0.2) is 48.7 Å². The van der Waals surface area contributed by atoms with Crippen LogP contribution in [0, 0.1) is 4.64 Å². The van der Waals surface area contributed by atoms with Crippen LogP contribution >= 0.6 is 35.4 Å². The number of halogens is 2. The summed E-state index contributed by atoms with van der Waals surface area (Å²) in [7, 11) is 0. The first-order valence-corrected chi connectivity index (χ1v) is 7.47. The van der Waals surface area contributed by atoms with Gasteiger partial charge in [0, 0.05) is 27.2 Å². The lowest BCUT2D eigenvalue weighted by molar-refractivity contribution is 0.842. The van der Waals surface area contributed by atoms with Crippen molar-refractivity contribution in [3.05, 3.63) is 68.9 Å². The van der Waals surface area contributed by atoms with E-state index >= 15 is 0 Å². The molecule has 2 heterocycles. The van der Waals surface area contributed by atoms with Gasteiger partial charge in [-0.15, -0.1) is 0 Å². The Morgan fingerprint density at radius 2 is 1.81 bits per heavy atom. The molecule has 0 radical (unpaired) electrons. The third kappa shape index (κ3) is 2.88. The first-order valence-electron chi connectivity index (χ1n) is 6.30. The molecular formula is C15H11Cl2N3S. The molecule has 21 heavy (non-hydrogen) atoms. The number of pyridine rings is 2. The zero-order valence-corrected chi connectivity index (χ0v) is 13.2. The smallest absolute Gasteiger partial charge is 0.159 e. The summed E-state index contributed by atoms with van der Waals surface area (Å²) in [6.45, 7) is 0.461. The Labute approximate surface area is 137 Å². The highest BCUT2D eigenvalue weighted by atomic mass is 35.5. The lowest BCUT2D eigenvalue weighted by Gasteiger charge is -2.14. The maximum Gasteiger partial charge on any atom is 0.159 e. The molecule has 6 heteroatoms. The maximum absolute atomic E-state index is 6.18. The van der Waals surface area contributed by atoms with Crippen LogP contribution in [0.4, 0.5) is 0 Å². The molecule has 0 bridgehead atoms. The van der Waals surface area contributed by atoms with Crippen molar-refractivity contribution in [3.8, 4) is 0 Å². The summed E-state index contributed by atoms with van der Waals surface area (Å²) in [4.78, 5) is 4.37. The highest BCUT2D eigenvalue weighted by molar-refractivity contribution is 7.71. The molecule has 0 aliphatic heterocycles. The molecule has 0 fully saturated rings. The molecule has 0 aliphatic carbocycles. The number of nitrogens with zero attached hydrogens (tertiary/aromatic N) is 2. The van der Waals surface area contributed by atoms with Gasteiger partial charge in [0.15, 0.2) is 5.65 Å². The highest BCUT2D eigenvalue weighted by Gasteiger charge is 2.06. The first-order chi connectivity index (χ1) is 10.2. The molecule has 0 aliphatic rings. The molecule has 3 rings (SSSR count). The Kier molecular flexibility index (Phi) is 4.10. The zero-order valence-electron chi connectivity index (χ0n) is 10.9. The van der Waals surface area contributed by atoms with Gasteiger partial charge in [0.1, 0.15) is 4.64 Å². The number of nitrogens with one attached hydrogen (secondary N) is 1. The van der Waals surface area contributed by atoms with Crippen molar-refractivity contribution in [3.63, 3.8) is 0 Å². The van der Waals surface area contributed by atoms with Gasteiger partial charge in [-0.05, 0) is 36.4 Å². The van der Waals surface area contributed by atoms with E-state index in [1.807, 2.05) is 42.5 Å². The van der Waals surface area contributed by atoms with Crippen LogP contribution in [0.25, 0.3) is 11.0 Å². The minimum absolute atomic E-state index is 0.461. The van der Waals surface area contributed by atoms with Crippen molar-refractivity contribution in [1.82, 2.24) is 9.66 Å². The minimum Gasteiger partial charge on any atom is -0.319 e. The van der Waals surface area contributed by atoms with Gasteiger partial charge >= 0.3 is 0 Å². The number of aromatic nitrogens is 2. The van der Waals surface area contributed by atoms with Crippen LogP contribution in [0.2, 0.25) is 10.0 Å². The third-order valence-electron chi connectivity index (χ3n) is 3.13. The number of rotatable bonds is 3. The van der Waals surface area contributed by atoms with Crippen LogP contribution in [0.3, 0.4) is 0 Å². The first kappa shape index (κ1) is 14.3. The third-order valence-corrected chi connectivity index (χ3v) is 4.16.